The highest BCUT2D eigenvalue weighted by molar-refractivity contribution is 7.80. The lowest BCUT2D eigenvalue weighted by molar-refractivity contribution is 0.355. The second kappa shape index (κ2) is 6.32. The minimum absolute atomic E-state index is 0.541. The Morgan fingerprint density at radius 3 is 2.45 bits per heavy atom. The lowest BCUT2D eigenvalue weighted by Gasteiger charge is -2.25. The Labute approximate surface area is 137 Å². The average Bonchev–Trinajstić information content (AvgIpc) is 3.11. The van der Waals surface area contributed by atoms with Crippen molar-refractivity contribution in [3.63, 3.8) is 0 Å². The third-order valence-corrected chi connectivity index (χ3v) is 5.25. The van der Waals surface area contributed by atoms with E-state index in [1.54, 1.807) is 14.2 Å². The van der Waals surface area contributed by atoms with Crippen LogP contribution in [0.3, 0.4) is 0 Å². The van der Waals surface area contributed by atoms with Crippen molar-refractivity contribution >= 4 is 23.0 Å². The SMILES string of the molecule is COc1cc(C)c(NC(=S)N[C@@H]2C[C@@H]3CC[C@@H]2C3)cc1OC. The van der Waals surface area contributed by atoms with Gasteiger partial charge in [0.15, 0.2) is 16.6 Å². The van der Waals surface area contributed by atoms with E-state index >= 15 is 0 Å². The molecule has 3 rings (SSSR count). The molecule has 0 aromatic heterocycles. The lowest BCUT2D eigenvalue weighted by Crippen LogP contribution is -2.40. The first-order chi connectivity index (χ1) is 10.6. The van der Waals surface area contributed by atoms with E-state index < -0.39 is 0 Å². The number of aryl methyl sites for hydroxylation is 1. The Hall–Kier alpha value is -1.49. The van der Waals surface area contributed by atoms with Crippen LogP contribution in [0.25, 0.3) is 0 Å². The second-order valence-corrected chi connectivity index (χ2v) is 6.81. The van der Waals surface area contributed by atoms with Crippen molar-refractivity contribution in [1.29, 1.82) is 0 Å². The number of thiocarbonyl (C=S) groups is 1. The third kappa shape index (κ3) is 3.00. The Bertz CT molecular complexity index is 576. The molecule has 22 heavy (non-hydrogen) atoms. The highest BCUT2D eigenvalue weighted by atomic mass is 32.1. The maximum Gasteiger partial charge on any atom is 0.171 e. The molecule has 0 spiro atoms. The van der Waals surface area contributed by atoms with Crippen LogP contribution in [0.15, 0.2) is 12.1 Å². The molecule has 120 valence electrons. The van der Waals surface area contributed by atoms with Crippen LogP contribution < -0.4 is 20.1 Å². The molecule has 5 heteroatoms. The quantitative estimate of drug-likeness (QED) is 0.831. The summed E-state index contributed by atoms with van der Waals surface area (Å²) in [6, 6.07) is 4.43. The van der Waals surface area contributed by atoms with Gasteiger partial charge >= 0.3 is 0 Å². The van der Waals surface area contributed by atoms with Crippen LogP contribution in [0.4, 0.5) is 5.69 Å². The van der Waals surface area contributed by atoms with E-state index in [0.717, 1.165) is 28.8 Å². The maximum atomic E-state index is 5.49. The zero-order valence-electron chi connectivity index (χ0n) is 13.4. The number of methoxy groups -OCH3 is 2. The fraction of sp³-hybridized carbons (Fsp3) is 0.588. The molecule has 1 aromatic carbocycles. The van der Waals surface area contributed by atoms with E-state index in [9.17, 15) is 0 Å². The Morgan fingerprint density at radius 1 is 1.14 bits per heavy atom. The number of fused-ring (bicyclic) bond motifs is 2. The first-order valence-electron chi connectivity index (χ1n) is 7.91. The third-order valence-electron chi connectivity index (χ3n) is 5.03. The van der Waals surface area contributed by atoms with Gasteiger partial charge in [0, 0.05) is 17.8 Å². The van der Waals surface area contributed by atoms with Gasteiger partial charge in [0.25, 0.3) is 0 Å². The van der Waals surface area contributed by atoms with Gasteiger partial charge in [-0.25, -0.2) is 0 Å². The molecule has 0 amide bonds. The van der Waals surface area contributed by atoms with Gasteiger partial charge in [0.1, 0.15) is 0 Å². The first-order valence-corrected chi connectivity index (χ1v) is 8.31. The molecule has 3 atom stereocenters. The fourth-order valence-corrected chi connectivity index (χ4v) is 4.12. The monoisotopic (exact) mass is 320 g/mol. The Kier molecular flexibility index (Phi) is 4.43. The molecule has 2 saturated carbocycles. The summed E-state index contributed by atoms with van der Waals surface area (Å²) in [5.41, 5.74) is 2.04. The minimum atomic E-state index is 0.541. The van der Waals surface area contributed by atoms with Gasteiger partial charge in [0.05, 0.1) is 14.2 Å². The number of rotatable bonds is 4. The van der Waals surface area contributed by atoms with Crippen molar-refractivity contribution in [1.82, 2.24) is 5.32 Å². The van der Waals surface area contributed by atoms with E-state index in [1.807, 2.05) is 19.1 Å². The highest BCUT2D eigenvalue weighted by Gasteiger charge is 2.39. The molecule has 4 nitrogen and oxygen atoms in total. The van der Waals surface area contributed by atoms with Crippen LogP contribution in [0, 0.1) is 18.8 Å². The summed E-state index contributed by atoms with van der Waals surface area (Å²) < 4.78 is 10.7. The molecule has 0 aliphatic heterocycles. The van der Waals surface area contributed by atoms with Crippen LogP contribution in [0.5, 0.6) is 11.5 Å². The normalized spacial score (nSPS) is 25.9. The van der Waals surface area contributed by atoms with Crippen molar-refractivity contribution in [2.75, 3.05) is 19.5 Å². The Morgan fingerprint density at radius 2 is 1.86 bits per heavy atom. The number of anilines is 1. The topological polar surface area (TPSA) is 42.5 Å². The molecule has 2 fully saturated rings. The van der Waals surface area contributed by atoms with E-state index in [1.165, 1.54) is 25.7 Å². The number of hydrogen-bond donors (Lipinski definition) is 2. The van der Waals surface area contributed by atoms with Gasteiger partial charge in [-0.2, -0.15) is 0 Å². The summed E-state index contributed by atoms with van der Waals surface area (Å²) in [6.45, 7) is 2.03. The molecule has 1 aromatic rings. The summed E-state index contributed by atoms with van der Waals surface area (Å²) in [6.07, 6.45) is 5.38. The van der Waals surface area contributed by atoms with Crippen molar-refractivity contribution in [3.8, 4) is 11.5 Å². The summed E-state index contributed by atoms with van der Waals surface area (Å²) in [5.74, 6) is 3.15. The average molecular weight is 320 g/mol. The van der Waals surface area contributed by atoms with E-state index in [0.29, 0.717) is 16.9 Å². The number of hydrogen-bond acceptors (Lipinski definition) is 3. The van der Waals surface area contributed by atoms with Gasteiger partial charge in [0.2, 0.25) is 0 Å². The summed E-state index contributed by atoms with van der Waals surface area (Å²) in [4.78, 5) is 0. The molecule has 2 aliphatic rings. The molecule has 0 heterocycles. The molecule has 2 bridgehead atoms. The largest absolute Gasteiger partial charge is 0.493 e. The molecule has 0 saturated heterocycles. The van der Waals surface area contributed by atoms with Crippen LogP contribution in [-0.4, -0.2) is 25.4 Å². The molecule has 2 aliphatic carbocycles. The summed E-state index contributed by atoms with van der Waals surface area (Å²) >= 11 is 5.49. The molecule has 0 radical (unpaired) electrons. The fourth-order valence-electron chi connectivity index (χ4n) is 3.86. The van der Waals surface area contributed by atoms with Gasteiger partial charge in [-0.15, -0.1) is 0 Å². The zero-order chi connectivity index (χ0) is 15.7. The van der Waals surface area contributed by atoms with Gasteiger partial charge < -0.3 is 20.1 Å². The van der Waals surface area contributed by atoms with E-state index in [4.69, 9.17) is 21.7 Å². The van der Waals surface area contributed by atoms with Crippen molar-refractivity contribution < 1.29 is 9.47 Å². The molecular formula is C17H24N2O2S. The van der Waals surface area contributed by atoms with Crippen LogP contribution >= 0.6 is 12.2 Å². The molecule has 0 unspecified atom stereocenters. The maximum absolute atomic E-state index is 5.49. The number of nitrogens with one attached hydrogen (secondary N) is 2. The smallest absolute Gasteiger partial charge is 0.171 e. The minimum Gasteiger partial charge on any atom is -0.493 e. The van der Waals surface area contributed by atoms with Gasteiger partial charge in [-0.1, -0.05) is 6.42 Å². The van der Waals surface area contributed by atoms with Crippen LogP contribution in [0.1, 0.15) is 31.2 Å². The highest BCUT2D eigenvalue weighted by Crippen LogP contribution is 2.44. The lowest BCUT2D eigenvalue weighted by atomic mass is 9.95. The predicted octanol–water partition coefficient (Wildman–Crippen LogP) is 3.49. The van der Waals surface area contributed by atoms with Crippen LogP contribution in [0.2, 0.25) is 0 Å². The van der Waals surface area contributed by atoms with Crippen LogP contribution in [-0.2, 0) is 0 Å². The van der Waals surface area contributed by atoms with Gasteiger partial charge in [-0.3, -0.25) is 0 Å². The Balaban J connectivity index is 1.66. The first kappa shape index (κ1) is 15.4. The predicted molar refractivity (Wildman–Crippen MR) is 92.9 cm³/mol. The summed E-state index contributed by atoms with van der Waals surface area (Å²) in [5, 5.41) is 7.51. The zero-order valence-corrected chi connectivity index (χ0v) is 14.3. The molecular weight excluding hydrogens is 296 g/mol. The van der Waals surface area contributed by atoms with E-state index in [2.05, 4.69) is 10.6 Å². The standard InChI is InChI=1S/C17H24N2O2S/c1-10-6-15(20-2)16(21-3)9-13(10)18-17(22)19-14-8-11-4-5-12(14)7-11/h6,9,11-12,14H,4-5,7-8H2,1-3H3,(H2,18,19,22)/t11-,12-,14-/m1/s1. The van der Waals surface area contributed by atoms with Gasteiger partial charge in [-0.05, 0) is 61.9 Å². The molecule has 2 N–H and O–H groups in total. The van der Waals surface area contributed by atoms with E-state index in [-0.39, 0.29) is 0 Å². The second-order valence-electron chi connectivity index (χ2n) is 6.40. The number of ether oxygens (including phenoxy) is 2. The number of benzene rings is 1. The summed E-state index contributed by atoms with van der Waals surface area (Å²) in [7, 11) is 3.29. The van der Waals surface area contributed by atoms with Crippen molar-refractivity contribution in [3.05, 3.63) is 17.7 Å². The van der Waals surface area contributed by atoms with Crippen molar-refractivity contribution in [2.24, 2.45) is 11.8 Å². The van der Waals surface area contributed by atoms with Crippen molar-refractivity contribution in [2.45, 2.75) is 38.6 Å².